The van der Waals surface area contributed by atoms with Crippen LogP contribution in [0.4, 0.5) is 0 Å². The van der Waals surface area contributed by atoms with Crippen LogP contribution in [0.15, 0.2) is 145 Å². The summed E-state index contributed by atoms with van der Waals surface area (Å²) >= 11 is 1.80. The first-order chi connectivity index (χ1) is 30.6. The minimum atomic E-state index is -1.46. The fourth-order valence-corrected chi connectivity index (χ4v) is 8.06. The van der Waals surface area contributed by atoms with Gasteiger partial charge in [-0.15, -0.1) is 22.7 Å². The van der Waals surface area contributed by atoms with E-state index < -0.39 is 49.0 Å². The molecule has 0 amide bonds. The van der Waals surface area contributed by atoms with Gasteiger partial charge in [0, 0.05) is 54.6 Å². The molecule has 0 N–H and O–H groups in total. The molecule has 3 heterocycles. The molecule has 5 heteroatoms. The van der Waals surface area contributed by atoms with Gasteiger partial charge in [-0.3, -0.25) is 0 Å². The van der Waals surface area contributed by atoms with Crippen molar-refractivity contribution in [2.24, 2.45) is 0 Å². The van der Waals surface area contributed by atoms with Gasteiger partial charge in [0.15, 0.2) is 17.5 Å². The van der Waals surface area contributed by atoms with Crippen LogP contribution in [0.2, 0.25) is 0 Å². The SMILES string of the molecule is [2H]C1=C([2H])C([2H])C([2H])c2c1sc1c([2H])c([2H])c([2H])c(-c3nc(-c4cccc(-c5cccc(-c6ccccc6)c5)c4)nc(-c4c([2H])c([2H])c5sc6c([2H])c([2H])c([2H])c([2H])c6c5c4[2H])n3)c21. The van der Waals surface area contributed by atoms with Gasteiger partial charge in [-0.05, 0) is 89.0 Å². The number of nitrogens with zero attached hydrogens (tertiary/aromatic N) is 3. The lowest BCUT2D eigenvalue weighted by atomic mass is 9.97. The van der Waals surface area contributed by atoms with Crippen LogP contribution < -0.4 is 0 Å². The van der Waals surface area contributed by atoms with Crippen molar-refractivity contribution in [3.05, 3.63) is 156 Å². The molecule has 1 aliphatic carbocycles. The summed E-state index contributed by atoms with van der Waals surface area (Å²) in [4.78, 5) is 14.6. The molecule has 2 unspecified atom stereocenters. The number of benzene rings is 6. The Kier molecular flexibility index (Phi) is 4.39. The summed E-state index contributed by atoms with van der Waals surface area (Å²) in [6.45, 7) is 0. The summed E-state index contributed by atoms with van der Waals surface area (Å²) in [5.74, 6) is -0.545. The molecule has 50 heavy (non-hydrogen) atoms. The Morgan fingerprint density at radius 2 is 1.24 bits per heavy atom. The second kappa shape index (κ2) is 12.0. The van der Waals surface area contributed by atoms with Gasteiger partial charge in [0.1, 0.15) is 0 Å². The van der Waals surface area contributed by atoms with Crippen molar-refractivity contribution in [2.45, 2.75) is 12.8 Å². The van der Waals surface area contributed by atoms with E-state index in [-0.39, 0.29) is 106 Å². The van der Waals surface area contributed by atoms with Crippen LogP contribution in [0.5, 0.6) is 0 Å². The Morgan fingerprint density at radius 3 is 2.10 bits per heavy atom. The lowest BCUT2D eigenvalue weighted by molar-refractivity contribution is 1.00. The Balaban J connectivity index is 1.29. The van der Waals surface area contributed by atoms with Gasteiger partial charge in [0.05, 0.1) is 16.4 Å². The van der Waals surface area contributed by atoms with Crippen molar-refractivity contribution in [3.8, 4) is 56.4 Å². The van der Waals surface area contributed by atoms with E-state index in [9.17, 15) is 4.11 Å². The summed E-state index contributed by atoms with van der Waals surface area (Å²) in [5, 5.41) is 0.118. The quantitative estimate of drug-likeness (QED) is 0.181. The van der Waals surface area contributed by atoms with Gasteiger partial charge in [0.25, 0.3) is 0 Å². The molecular weight excluding hydrogens is 647 g/mol. The van der Waals surface area contributed by atoms with Gasteiger partial charge >= 0.3 is 0 Å². The van der Waals surface area contributed by atoms with Crippen LogP contribution in [-0.2, 0) is 6.40 Å². The number of aromatic nitrogens is 3. The highest BCUT2D eigenvalue weighted by atomic mass is 32.1. The van der Waals surface area contributed by atoms with E-state index >= 15 is 0 Å². The molecule has 0 saturated carbocycles. The van der Waals surface area contributed by atoms with Crippen molar-refractivity contribution >= 4 is 59.0 Å². The zero-order chi connectivity index (χ0) is 45.2. The van der Waals surface area contributed by atoms with E-state index in [0.717, 1.165) is 44.9 Å². The molecule has 0 saturated heterocycles. The maximum atomic E-state index is 9.59. The Hall–Kier alpha value is -5.75. The second-order valence-electron chi connectivity index (χ2n) is 11.5. The zero-order valence-electron chi connectivity index (χ0n) is 39.8. The Morgan fingerprint density at radius 1 is 0.560 bits per heavy atom. The maximum absolute atomic E-state index is 9.59. The predicted octanol–water partition coefficient (Wildman–Crippen LogP) is 12.7. The third-order valence-electron chi connectivity index (χ3n) is 8.47. The minimum absolute atomic E-state index is 0.00275. The van der Waals surface area contributed by atoms with E-state index in [1.54, 1.807) is 12.1 Å². The van der Waals surface area contributed by atoms with Gasteiger partial charge in [-0.25, -0.2) is 15.0 Å². The minimum Gasteiger partial charge on any atom is -0.208 e. The van der Waals surface area contributed by atoms with E-state index in [0.29, 0.717) is 5.56 Å². The first kappa shape index (κ1) is 18.3. The number of hydrogen-bond donors (Lipinski definition) is 0. The number of hydrogen-bond acceptors (Lipinski definition) is 5. The van der Waals surface area contributed by atoms with E-state index in [1.807, 2.05) is 66.7 Å². The van der Waals surface area contributed by atoms with Gasteiger partial charge in [-0.1, -0.05) is 103 Å². The zero-order valence-corrected chi connectivity index (χ0v) is 27.5. The second-order valence-corrected chi connectivity index (χ2v) is 13.5. The van der Waals surface area contributed by atoms with Crippen LogP contribution in [0.1, 0.15) is 36.0 Å². The smallest absolute Gasteiger partial charge is 0.164 e. The largest absolute Gasteiger partial charge is 0.208 e. The van der Waals surface area contributed by atoms with Gasteiger partial charge < -0.3 is 0 Å². The number of rotatable bonds is 5. The standard InChI is InChI=1S/C45H29N3S2/c1-2-11-28(12-3-1)29-13-8-14-30(25-29)31-15-9-16-32(26-31)43-46-44(33-23-24-40-37(27-33)34-17-4-6-20-38(34)49-40)48-45(47-43)36-19-10-22-41-42(36)35-18-5-7-21-39(35)50-41/h1-4,6-17,19-27H,5,18H2/i4D,5D,6D,7D,10D,17D,18D,19D,20D,21D,22D,23D,24D,27D. The fourth-order valence-electron chi connectivity index (χ4n) is 6.14. The molecule has 2 atom stereocenters. The van der Waals surface area contributed by atoms with Crippen molar-refractivity contribution in [1.82, 2.24) is 15.0 Å². The average Bonchev–Trinajstić information content (AvgIpc) is 3.92. The van der Waals surface area contributed by atoms with Crippen LogP contribution in [-0.4, -0.2) is 15.0 Å². The van der Waals surface area contributed by atoms with Crippen molar-refractivity contribution in [3.63, 3.8) is 0 Å². The first-order valence-corrected chi connectivity index (χ1v) is 17.3. The lowest BCUT2D eigenvalue weighted by Crippen LogP contribution is -2.01. The molecule has 0 aliphatic heterocycles. The molecule has 236 valence electrons. The number of aryl methyl sites for hydroxylation is 1. The Labute approximate surface area is 317 Å². The molecule has 0 bridgehead atoms. The van der Waals surface area contributed by atoms with Gasteiger partial charge in [-0.2, -0.15) is 0 Å². The van der Waals surface area contributed by atoms with Gasteiger partial charge in [0.2, 0.25) is 0 Å². The number of thiophene rings is 2. The van der Waals surface area contributed by atoms with E-state index in [2.05, 4.69) is 0 Å². The summed E-state index contributed by atoms with van der Waals surface area (Å²) < 4.78 is 124. The fraction of sp³-hybridized carbons (Fsp3) is 0.0444. The van der Waals surface area contributed by atoms with Crippen LogP contribution in [0.3, 0.4) is 0 Å². The first-order valence-electron chi connectivity index (χ1n) is 22.8. The number of fused-ring (bicyclic) bond motifs is 6. The summed E-state index contributed by atoms with van der Waals surface area (Å²) in [5.41, 5.74) is 3.81. The van der Waals surface area contributed by atoms with E-state index in [4.69, 9.17) is 30.0 Å². The van der Waals surface area contributed by atoms with Crippen molar-refractivity contribution in [1.29, 1.82) is 0 Å². The normalized spacial score (nSPS) is 19.8. The maximum Gasteiger partial charge on any atom is 0.164 e. The third-order valence-corrected chi connectivity index (χ3v) is 10.5. The predicted molar refractivity (Wildman–Crippen MR) is 213 cm³/mol. The molecule has 6 aromatic carbocycles. The third kappa shape index (κ3) is 5.06. The van der Waals surface area contributed by atoms with E-state index in [1.165, 1.54) is 0 Å². The van der Waals surface area contributed by atoms with Crippen LogP contribution >= 0.6 is 22.7 Å². The van der Waals surface area contributed by atoms with Crippen molar-refractivity contribution < 1.29 is 19.2 Å². The number of allylic oxidation sites excluding steroid dienone is 1. The van der Waals surface area contributed by atoms with Crippen LogP contribution in [0, 0.1) is 0 Å². The summed E-state index contributed by atoms with van der Waals surface area (Å²) in [6.07, 6.45) is -2.87. The molecule has 0 fully saturated rings. The molecule has 10 rings (SSSR count). The Bertz CT molecular complexity index is 3530. The summed E-state index contributed by atoms with van der Waals surface area (Å²) in [6, 6.07) is 20.1. The topological polar surface area (TPSA) is 38.7 Å². The molecule has 9 aromatic rings. The molecule has 1 aliphatic rings. The molecule has 0 radical (unpaired) electrons. The highest BCUT2D eigenvalue weighted by Gasteiger charge is 2.20. The van der Waals surface area contributed by atoms with Crippen LogP contribution in [0.25, 0.3) is 92.7 Å². The highest BCUT2D eigenvalue weighted by molar-refractivity contribution is 7.25. The summed E-state index contributed by atoms with van der Waals surface area (Å²) in [7, 11) is 0. The molecule has 3 nitrogen and oxygen atoms in total. The monoisotopic (exact) mass is 689 g/mol. The molecule has 0 spiro atoms. The average molecular weight is 690 g/mol. The molecular formula is C45H29N3S2. The lowest BCUT2D eigenvalue weighted by Gasteiger charge is -2.12. The highest BCUT2D eigenvalue weighted by Crippen LogP contribution is 2.42. The molecule has 3 aromatic heterocycles. The van der Waals surface area contributed by atoms with Crippen molar-refractivity contribution in [2.75, 3.05) is 0 Å².